The summed E-state index contributed by atoms with van der Waals surface area (Å²) in [5.74, 6) is 0.0696. The molecule has 0 aliphatic heterocycles. The lowest BCUT2D eigenvalue weighted by atomic mass is 10.1. The fourth-order valence-corrected chi connectivity index (χ4v) is 2.34. The second-order valence-corrected chi connectivity index (χ2v) is 5.38. The Morgan fingerprint density at radius 2 is 2.05 bits per heavy atom. The van der Waals surface area contributed by atoms with Crippen molar-refractivity contribution in [2.75, 3.05) is 6.54 Å². The predicted molar refractivity (Wildman–Crippen MR) is 82.0 cm³/mol. The van der Waals surface area contributed by atoms with Gasteiger partial charge in [-0.15, -0.1) is 0 Å². The van der Waals surface area contributed by atoms with Crippen LogP contribution in [0.5, 0.6) is 0 Å². The standard InChI is InChI=1S/C16H22N4O/c1-12-10-13(2)20(19-12)14(3)11-18-16(21)5-4-15-6-8-17-9-7-15/h6-10,14H,4-5,11H2,1-3H3,(H,18,21)/t14-/m0/s1. The molecule has 21 heavy (non-hydrogen) atoms. The minimum absolute atomic E-state index is 0.0696. The van der Waals surface area contributed by atoms with Crippen molar-refractivity contribution in [2.24, 2.45) is 0 Å². The van der Waals surface area contributed by atoms with E-state index in [4.69, 9.17) is 0 Å². The topological polar surface area (TPSA) is 59.8 Å². The third-order valence-corrected chi connectivity index (χ3v) is 3.45. The van der Waals surface area contributed by atoms with Crippen molar-refractivity contribution in [1.82, 2.24) is 20.1 Å². The molecule has 1 N–H and O–H groups in total. The minimum Gasteiger partial charge on any atom is -0.354 e. The van der Waals surface area contributed by atoms with Crippen molar-refractivity contribution in [3.63, 3.8) is 0 Å². The number of rotatable bonds is 6. The Hall–Kier alpha value is -2.17. The number of carbonyl (C=O) groups is 1. The average molecular weight is 286 g/mol. The highest BCUT2D eigenvalue weighted by molar-refractivity contribution is 5.76. The van der Waals surface area contributed by atoms with Crippen LogP contribution in [0.25, 0.3) is 0 Å². The quantitative estimate of drug-likeness (QED) is 0.885. The number of aryl methyl sites for hydroxylation is 3. The molecule has 5 nitrogen and oxygen atoms in total. The zero-order valence-electron chi connectivity index (χ0n) is 12.8. The van der Waals surface area contributed by atoms with Crippen LogP contribution in [0.15, 0.2) is 30.6 Å². The van der Waals surface area contributed by atoms with Crippen LogP contribution in [-0.2, 0) is 11.2 Å². The fourth-order valence-electron chi connectivity index (χ4n) is 2.34. The van der Waals surface area contributed by atoms with E-state index in [1.54, 1.807) is 12.4 Å². The van der Waals surface area contributed by atoms with Crippen LogP contribution in [-0.4, -0.2) is 27.2 Å². The molecular weight excluding hydrogens is 264 g/mol. The van der Waals surface area contributed by atoms with Gasteiger partial charge in [0.25, 0.3) is 0 Å². The molecule has 2 aromatic heterocycles. The van der Waals surface area contributed by atoms with Gasteiger partial charge < -0.3 is 5.32 Å². The third-order valence-electron chi connectivity index (χ3n) is 3.45. The van der Waals surface area contributed by atoms with E-state index in [2.05, 4.69) is 22.3 Å². The van der Waals surface area contributed by atoms with Gasteiger partial charge >= 0.3 is 0 Å². The number of hydrogen-bond acceptors (Lipinski definition) is 3. The molecule has 0 aliphatic rings. The van der Waals surface area contributed by atoms with Crippen LogP contribution in [0.4, 0.5) is 0 Å². The van der Waals surface area contributed by atoms with Crippen molar-refractivity contribution >= 4 is 5.91 Å². The Morgan fingerprint density at radius 3 is 2.67 bits per heavy atom. The van der Waals surface area contributed by atoms with Crippen LogP contribution in [0, 0.1) is 13.8 Å². The van der Waals surface area contributed by atoms with Crippen LogP contribution < -0.4 is 5.32 Å². The molecule has 0 saturated carbocycles. The molecule has 2 heterocycles. The molecular formula is C16H22N4O. The van der Waals surface area contributed by atoms with E-state index in [0.29, 0.717) is 13.0 Å². The van der Waals surface area contributed by atoms with Crippen LogP contribution >= 0.6 is 0 Å². The van der Waals surface area contributed by atoms with Gasteiger partial charge in [-0.3, -0.25) is 14.5 Å². The first-order valence-corrected chi connectivity index (χ1v) is 7.24. The summed E-state index contributed by atoms with van der Waals surface area (Å²) in [5.41, 5.74) is 3.25. The first-order valence-electron chi connectivity index (χ1n) is 7.24. The van der Waals surface area contributed by atoms with E-state index in [1.165, 1.54) is 0 Å². The summed E-state index contributed by atoms with van der Waals surface area (Å²) in [6, 6.07) is 6.07. The molecule has 0 spiro atoms. The van der Waals surface area contributed by atoms with Crippen LogP contribution in [0.1, 0.15) is 36.3 Å². The third kappa shape index (κ3) is 4.41. The van der Waals surface area contributed by atoms with Crippen LogP contribution in [0.3, 0.4) is 0 Å². The molecule has 2 rings (SSSR count). The van der Waals surface area contributed by atoms with Crippen molar-refractivity contribution in [3.8, 4) is 0 Å². The summed E-state index contributed by atoms with van der Waals surface area (Å²) in [5, 5.41) is 7.41. The molecule has 0 aromatic carbocycles. The van der Waals surface area contributed by atoms with Gasteiger partial charge in [0, 0.05) is 31.1 Å². The van der Waals surface area contributed by atoms with E-state index < -0.39 is 0 Å². The number of carbonyl (C=O) groups excluding carboxylic acids is 1. The normalized spacial score (nSPS) is 12.1. The molecule has 2 aromatic rings. The molecule has 0 bridgehead atoms. The average Bonchev–Trinajstić information content (AvgIpc) is 2.82. The molecule has 112 valence electrons. The first kappa shape index (κ1) is 15.2. The van der Waals surface area contributed by atoms with Gasteiger partial charge in [-0.25, -0.2) is 0 Å². The highest BCUT2D eigenvalue weighted by atomic mass is 16.1. The number of hydrogen-bond donors (Lipinski definition) is 1. The number of amides is 1. The maximum atomic E-state index is 11.9. The molecule has 1 amide bonds. The second-order valence-electron chi connectivity index (χ2n) is 5.38. The maximum absolute atomic E-state index is 11.9. The zero-order chi connectivity index (χ0) is 15.2. The molecule has 0 saturated heterocycles. The SMILES string of the molecule is Cc1cc(C)n([C@@H](C)CNC(=O)CCc2ccncc2)n1. The van der Waals surface area contributed by atoms with Gasteiger partial charge in [-0.1, -0.05) is 0 Å². The minimum atomic E-state index is 0.0696. The van der Waals surface area contributed by atoms with Gasteiger partial charge in [-0.05, 0) is 51.0 Å². The van der Waals surface area contributed by atoms with Crippen molar-refractivity contribution < 1.29 is 4.79 Å². The Balaban J connectivity index is 1.77. The molecule has 5 heteroatoms. The van der Waals surface area contributed by atoms with Crippen molar-refractivity contribution in [1.29, 1.82) is 0 Å². The number of nitrogens with one attached hydrogen (secondary N) is 1. The fraction of sp³-hybridized carbons (Fsp3) is 0.438. The molecule has 0 radical (unpaired) electrons. The molecule has 0 fully saturated rings. The number of pyridine rings is 1. The number of aromatic nitrogens is 3. The molecule has 0 aliphatic carbocycles. The predicted octanol–water partition coefficient (Wildman–Crippen LogP) is 2.20. The highest BCUT2D eigenvalue weighted by Crippen LogP contribution is 2.09. The Kier molecular flexibility index (Phi) is 5.09. The monoisotopic (exact) mass is 286 g/mol. The lowest BCUT2D eigenvalue weighted by Crippen LogP contribution is -2.30. The summed E-state index contributed by atoms with van der Waals surface area (Å²) in [4.78, 5) is 15.9. The summed E-state index contributed by atoms with van der Waals surface area (Å²) in [6.45, 7) is 6.66. The smallest absolute Gasteiger partial charge is 0.220 e. The van der Waals surface area contributed by atoms with Crippen molar-refractivity contribution in [2.45, 2.75) is 39.7 Å². The Morgan fingerprint density at radius 1 is 1.33 bits per heavy atom. The molecule has 0 unspecified atom stereocenters. The van der Waals surface area contributed by atoms with Gasteiger partial charge in [0.2, 0.25) is 5.91 Å². The highest BCUT2D eigenvalue weighted by Gasteiger charge is 2.10. The summed E-state index contributed by atoms with van der Waals surface area (Å²) < 4.78 is 1.96. The zero-order valence-corrected chi connectivity index (χ0v) is 12.8. The largest absolute Gasteiger partial charge is 0.354 e. The first-order chi connectivity index (χ1) is 10.1. The van der Waals surface area contributed by atoms with Crippen LogP contribution in [0.2, 0.25) is 0 Å². The number of nitrogens with zero attached hydrogens (tertiary/aromatic N) is 3. The summed E-state index contributed by atoms with van der Waals surface area (Å²) in [6.07, 6.45) is 4.73. The van der Waals surface area contributed by atoms with Gasteiger partial charge in [0.15, 0.2) is 0 Å². The van der Waals surface area contributed by atoms with E-state index in [9.17, 15) is 4.79 Å². The lowest BCUT2D eigenvalue weighted by molar-refractivity contribution is -0.121. The summed E-state index contributed by atoms with van der Waals surface area (Å²) in [7, 11) is 0. The maximum Gasteiger partial charge on any atom is 0.220 e. The van der Waals surface area contributed by atoms with E-state index >= 15 is 0 Å². The Bertz CT molecular complexity index is 592. The Labute approximate surface area is 125 Å². The van der Waals surface area contributed by atoms with E-state index in [0.717, 1.165) is 23.4 Å². The molecule has 1 atom stereocenters. The second kappa shape index (κ2) is 7.02. The summed E-state index contributed by atoms with van der Waals surface area (Å²) >= 11 is 0. The van der Waals surface area contributed by atoms with Gasteiger partial charge in [0.05, 0.1) is 11.7 Å². The van der Waals surface area contributed by atoms with Crippen molar-refractivity contribution in [3.05, 3.63) is 47.5 Å². The van der Waals surface area contributed by atoms with Gasteiger partial charge in [-0.2, -0.15) is 5.10 Å². The van der Waals surface area contributed by atoms with Gasteiger partial charge in [0.1, 0.15) is 0 Å². The lowest BCUT2D eigenvalue weighted by Gasteiger charge is -2.15. The van der Waals surface area contributed by atoms with E-state index in [-0.39, 0.29) is 11.9 Å². The van der Waals surface area contributed by atoms with E-state index in [1.807, 2.05) is 36.7 Å².